The SMILES string of the molecule is C[C@H](N=Cc1ccccc1)[C@@H](C)O. The number of aliphatic imine (C=N–C) groups is 1. The zero-order valence-electron chi connectivity index (χ0n) is 8.01. The van der Waals surface area contributed by atoms with Crippen LogP contribution in [0.4, 0.5) is 0 Å². The Balaban J connectivity index is 2.59. The second-order valence-corrected chi connectivity index (χ2v) is 3.17. The van der Waals surface area contributed by atoms with Gasteiger partial charge in [0.05, 0.1) is 12.1 Å². The Bertz CT molecular complexity index is 267. The molecule has 0 radical (unpaired) electrons. The Labute approximate surface area is 78.9 Å². The minimum absolute atomic E-state index is 0.0415. The van der Waals surface area contributed by atoms with Crippen molar-refractivity contribution in [1.29, 1.82) is 0 Å². The molecule has 0 fully saturated rings. The molecule has 2 atom stereocenters. The van der Waals surface area contributed by atoms with E-state index in [0.717, 1.165) is 5.56 Å². The molecular weight excluding hydrogens is 162 g/mol. The van der Waals surface area contributed by atoms with E-state index in [4.69, 9.17) is 0 Å². The molecule has 1 N–H and O–H groups in total. The van der Waals surface area contributed by atoms with Gasteiger partial charge in [0.2, 0.25) is 0 Å². The van der Waals surface area contributed by atoms with Gasteiger partial charge < -0.3 is 5.11 Å². The molecule has 0 aliphatic heterocycles. The molecule has 0 amide bonds. The Morgan fingerprint density at radius 2 is 1.85 bits per heavy atom. The van der Waals surface area contributed by atoms with Crippen molar-refractivity contribution < 1.29 is 5.11 Å². The normalized spacial score (nSPS) is 15.9. The lowest BCUT2D eigenvalue weighted by Gasteiger charge is -2.07. The molecule has 2 heteroatoms. The predicted molar refractivity (Wildman–Crippen MR) is 55.2 cm³/mol. The summed E-state index contributed by atoms with van der Waals surface area (Å²) >= 11 is 0. The molecule has 0 saturated carbocycles. The lowest BCUT2D eigenvalue weighted by atomic mass is 10.2. The first kappa shape index (κ1) is 9.93. The average Bonchev–Trinajstić information content (AvgIpc) is 2.15. The van der Waals surface area contributed by atoms with E-state index in [2.05, 4.69) is 4.99 Å². The zero-order chi connectivity index (χ0) is 9.68. The van der Waals surface area contributed by atoms with Crippen molar-refractivity contribution in [3.8, 4) is 0 Å². The van der Waals surface area contributed by atoms with Crippen molar-refractivity contribution in [3.05, 3.63) is 35.9 Å². The summed E-state index contributed by atoms with van der Waals surface area (Å²) in [6.07, 6.45) is 1.40. The van der Waals surface area contributed by atoms with Gasteiger partial charge in [-0.3, -0.25) is 4.99 Å². The van der Waals surface area contributed by atoms with E-state index in [1.807, 2.05) is 37.3 Å². The summed E-state index contributed by atoms with van der Waals surface area (Å²) in [5.41, 5.74) is 1.06. The first-order chi connectivity index (χ1) is 6.20. The minimum Gasteiger partial charge on any atom is -0.391 e. The van der Waals surface area contributed by atoms with Crippen LogP contribution in [0.1, 0.15) is 19.4 Å². The second-order valence-electron chi connectivity index (χ2n) is 3.17. The van der Waals surface area contributed by atoms with E-state index < -0.39 is 0 Å². The van der Waals surface area contributed by atoms with Crippen LogP contribution in [0.3, 0.4) is 0 Å². The number of rotatable bonds is 3. The molecular formula is C11H15NO. The van der Waals surface area contributed by atoms with E-state index in [0.29, 0.717) is 0 Å². The summed E-state index contributed by atoms with van der Waals surface area (Å²) in [5.74, 6) is 0. The highest BCUT2D eigenvalue weighted by molar-refractivity contribution is 5.79. The Morgan fingerprint density at radius 1 is 1.23 bits per heavy atom. The van der Waals surface area contributed by atoms with Crippen LogP contribution in [0.15, 0.2) is 35.3 Å². The molecule has 2 nitrogen and oxygen atoms in total. The molecule has 0 heterocycles. The van der Waals surface area contributed by atoms with Gasteiger partial charge in [-0.05, 0) is 19.4 Å². The van der Waals surface area contributed by atoms with E-state index in [1.165, 1.54) is 0 Å². The molecule has 13 heavy (non-hydrogen) atoms. The van der Waals surface area contributed by atoms with Crippen LogP contribution in [0, 0.1) is 0 Å². The number of aliphatic hydroxyl groups excluding tert-OH is 1. The largest absolute Gasteiger partial charge is 0.391 e. The molecule has 1 rings (SSSR count). The molecule has 1 aromatic carbocycles. The van der Waals surface area contributed by atoms with Crippen LogP contribution in [-0.2, 0) is 0 Å². The Morgan fingerprint density at radius 3 is 2.38 bits per heavy atom. The molecule has 0 saturated heterocycles. The van der Waals surface area contributed by atoms with Crippen molar-refractivity contribution in [2.45, 2.75) is 26.0 Å². The van der Waals surface area contributed by atoms with Gasteiger partial charge in [-0.15, -0.1) is 0 Å². The van der Waals surface area contributed by atoms with Crippen molar-refractivity contribution in [2.24, 2.45) is 4.99 Å². The van der Waals surface area contributed by atoms with Crippen LogP contribution in [0.5, 0.6) is 0 Å². The van der Waals surface area contributed by atoms with E-state index >= 15 is 0 Å². The third-order valence-corrected chi connectivity index (χ3v) is 1.96. The van der Waals surface area contributed by atoms with E-state index in [1.54, 1.807) is 13.1 Å². The maximum absolute atomic E-state index is 9.19. The molecule has 0 spiro atoms. The van der Waals surface area contributed by atoms with Gasteiger partial charge in [0.15, 0.2) is 0 Å². The molecule has 0 unspecified atom stereocenters. The first-order valence-electron chi connectivity index (χ1n) is 4.46. The average molecular weight is 177 g/mol. The summed E-state index contributed by atoms with van der Waals surface area (Å²) in [4.78, 5) is 4.22. The summed E-state index contributed by atoms with van der Waals surface area (Å²) in [6, 6.07) is 9.83. The fourth-order valence-corrected chi connectivity index (χ4v) is 0.867. The van der Waals surface area contributed by atoms with Crippen molar-refractivity contribution in [3.63, 3.8) is 0 Å². The number of benzene rings is 1. The molecule has 0 aromatic heterocycles. The summed E-state index contributed by atoms with van der Waals surface area (Å²) < 4.78 is 0. The third kappa shape index (κ3) is 3.38. The fraction of sp³-hybridized carbons (Fsp3) is 0.364. The van der Waals surface area contributed by atoms with Crippen LogP contribution in [0.25, 0.3) is 0 Å². The summed E-state index contributed by atoms with van der Waals surface area (Å²) in [7, 11) is 0. The Kier molecular flexibility index (Phi) is 3.65. The van der Waals surface area contributed by atoms with Gasteiger partial charge in [-0.25, -0.2) is 0 Å². The number of hydrogen-bond acceptors (Lipinski definition) is 2. The van der Waals surface area contributed by atoms with Gasteiger partial charge in [0.25, 0.3) is 0 Å². The molecule has 0 bridgehead atoms. The Hall–Kier alpha value is -1.15. The van der Waals surface area contributed by atoms with Crippen molar-refractivity contribution in [1.82, 2.24) is 0 Å². The summed E-state index contributed by atoms with van der Waals surface area (Å²) in [6.45, 7) is 3.64. The molecule has 0 aliphatic carbocycles. The van der Waals surface area contributed by atoms with Crippen molar-refractivity contribution in [2.75, 3.05) is 0 Å². The highest BCUT2D eigenvalue weighted by atomic mass is 16.3. The minimum atomic E-state index is -0.389. The molecule has 70 valence electrons. The van der Waals surface area contributed by atoms with Crippen LogP contribution < -0.4 is 0 Å². The number of aliphatic hydroxyl groups is 1. The van der Waals surface area contributed by atoms with Crippen LogP contribution in [0.2, 0.25) is 0 Å². The monoisotopic (exact) mass is 177 g/mol. The van der Waals surface area contributed by atoms with Gasteiger partial charge in [0.1, 0.15) is 0 Å². The second kappa shape index (κ2) is 4.77. The van der Waals surface area contributed by atoms with Gasteiger partial charge in [-0.1, -0.05) is 30.3 Å². The number of hydrogen-bond donors (Lipinski definition) is 1. The lowest BCUT2D eigenvalue weighted by Crippen LogP contribution is -2.16. The topological polar surface area (TPSA) is 32.6 Å². The first-order valence-corrected chi connectivity index (χ1v) is 4.46. The molecule has 1 aromatic rings. The van der Waals surface area contributed by atoms with E-state index in [9.17, 15) is 5.11 Å². The summed E-state index contributed by atoms with van der Waals surface area (Å²) in [5, 5.41) is 9.19. The maximum Gasteiger partial charge on any atom is 0.0732 e. The zero-order valence-corrected chi connectivity index (χ0v) is 8.01. The highest BCUT2D eigenvalue weighted by Gasteiger charge is 2.03. The van der Waals surface area contributed by atoms with Crippen LogP contribution >= 0.6 is 0 Å². The highest BCUT2D eigenvalue weighted by Crippen LogP contribution is 1.99. The van der Waals surface area contributed by atoms with E-state index in [-0.39, 0.29) is 12.1 Å². The van der Waals surface area contributed by atoms with Crippen LogP contribution in [-0.4, -0.2) is 23.5 Å². The van der Waals surface area contributed by atoms with Gasteiger partial charge in [0, 0.05) is 6.21 Å². The molecule has 0 aliphatic rings. The van der Waals surface area contributed by atoms with Crippen molar-refractivity contribution >= 4 is 6.21 Å². The predicted octanol–water partition coefficient (Wildman–Crippen LogP) is 1.87. The maximum atomic E-state index is 9.19. The smallest absolute Gasteiger partial charge is 0.0732 e. The quantitative estimate of drug-likeness (QED) is 0.702. The third-order valence-electron chi connectivity index (χ3n) is 1.96. The fourth-order valence-electron chi connectivity index (χ4n) is 0.867. The number of nitrogens with zero attached hydrogens (tertiary/aromatic N) is 1. The van der Waals surface area contributed by atoms with Gasteiger partial charge in [-0.2, -0.15) is 0 Å². The standard InChI is InChI=1S/C11H15NO/c1-9(10(2)13)12-8-11-6-4-3-5-7-11/h3-10,13H,1-2H3/t9-,10+/m0/s1. The van der Waals surface area contributed by atoms with Gasteiger partial charge >= 0.3 is 0 Å². The lowest BCUT2D eigenvalue weighted by molar-refractivity contribution is 0.171.